The molecule has 4 heteroatoms. The number of carbonyl (C=O) groups is 1. The molecule has 2 aromatic rings. The number of hydrogen-bond acceptors (Lipinski definition) is 3. The Kier molecular flexibility index (Phi) is 4.58. The van der Waals surface area contributed by atoms with Crippen LogP contribution < -0.4 is 10.6 Å². The fourth-order valence-electron chi connectivity index (χ4n) is 1.87. The fraction of sp³-hybridized carbons (Fsp3) is 0.294. The van der Waals surface area contributed by atoms with E-state index in [1.165, 1.54) is 5.56 Å². The largest absolute Gasteiger partial charge is 0.380 e. The summed E-state index contributed by atoms with van der Waals surface area (Å²) in [6.45, 7) is 6.56. The summed E-state index contributed by atoms with van der Waals surface area (Å²) in [7, 11) is 0. The van der Waals surface area contributed by atoms with Crippen molar-refractivity contribution in [2.75, 3.05) is 5.32 Å². The van der Waals surface area contributed by atoms with E-state index in [-0.39, 0.29) is 11.4 Å². The number of nitrogens with zero attached hydrogens (tertiary/aromatic N) is 1. The van der Waals surface area contributed by atoms with Gasteiger partial charge in [0.1, 0.15) is 0 Å². The summed E-state index contributed by atoms with van der Waals surface area (Å²) in [5.74, 6) is -0.113. The Hall–Kier alpha value is -2.36. The lowest BCUT2D eigenvalue weighted by Crippen LogP contribution is -2.40. The molecule has 110 valence electrons. The Morgan fingerprint density at radius 2 is 1.86 bits per heavy atom. The third-order valence-corrected chi connectivity index (χ3v) is 2.83. The first-order valence-electron chi connectivity index (χ1n) is 6.99. The molecule has 0 aliphatic heterocycles. The van der Waals surface area contributed by atoms with E-state index < -0.39 is 0 Å². The average Bonchev–Trinajstić information content (AvgIpc) is 2.45. The van der Waals surface area contributed by atoms with Gasteiger partial charge in [0.15, 0.2) is 0 Å². The Labute approximate surface area is 125 Å². The molecule has 0 aliphatic carbocycles. The zero-order chi connectivity index (χ0) is 15.3. The monoisotopic (exact) mass is 283 g/mol. The Morgan fingerprint density at radius 1 is 1.14 bits per heavy atom. The second kappa shape index (κ2) is 6.39. The number of carbonyl (C=O) groups excluding carboxylic acids is 1. The van der Waals surface area contributed by atoms with Crippen LogP contribution in [0.15, 0.2) is 48.8 Å². The summed E-state index contributed by atoms with van der Waals surface area (Å²) in [6, 6.07) is 11.9. The maximum Gasteiger partial charge on any atom is 0.253 e. The number of rotatable bonds is 4. The molecule has 0 fully saturated rings. The second-order valence-electron chi connectivity index (χ2n) is 6.01. The Bertz CT molecular complexity index is 603. The molecule has 1 amide bonds. The van der Waals surface area contributed by atoms with Gasteiger partial charge in [-0.05, 0) is 32.4 Å². The zero-order valence-corrected chi connectivity index (χ0v) is 12.7. The molecule has 0 spiro atoms. The van der Waals surface area contributed by atoms with Crippen LogP contribution in [0.3, 0.4) is 0 Å². The van der Waals surface area contributed by atoms with Gasteiger partial charge in [-0.3, -0.25) is 9.78 Å². The summed E-state index contributed by atoms with van der Waals surface area (Å²) in [6.07, 6.45) is 3.30. The highest BCUT2D eigenvalue weighted by molar-refractivity contribution is 5.95. The van der Waals surface area contributed by atoms with Crippen LogP contribution in [0.25, 0.3) is 0 Å². The second-order valence-corrected chi connectivity index (χ2v) is 6.01. The lowest BCUT2D eigenvalue weighted by molar-refractivity contribution is 0.0919. The summed E-state index contributed by atoms with van der Waals surface area (Å²) >= 11 is 0. The summed E-state index contributed by atoms with van der Waals surface area (Å²) in [4.78, 5) is 16.2. The van der Waals surface area contributed by atoms with Crippen LogP contribution in [0.4, 0.5) is 5.69 Å². The van der Waals surface area contributed by atoms with Gasteiger partial charge in [-0.1, -0.05) is 30.3 Å². The minimum Gasteiger partial charge on any atom is -0.380 e. The normalized spacial score (nSPS) is 11.0. The first-order chi connectivity index (χ1) is 9.94. The van der Waals surface area contributed by atoms with Gasteiger partial charge < -0.3 is 10.6 Å². The number of hydrogen-bond donors (Lipinski definition) is 2. The first-order valence-corrected chi connectivity index (χ1v) is 6.99. The molecular formula is C17H21N3O. The highest BCUT2D eigenvalue weighted by Gasteiger charge is 2.15. The third-order valence-electron chi connectivity index (χ3n) is 2.83. The maximum atomic E-state index is 12.1. The van der Waals surface area contributed by atoms with Gasteiger partial charge in [-0.2, -0.15) is 0 Å². The standard InChI is InChI=1S/C17H21N3O/c1-17(2,3)20-16(21)14-9-15(12-18-11-14)19-10-13-7-5-4-6-8-13/h4-9,11-12,19H,10H2,1-3H3,(H,20,21). The van der Waals surface area contributed by atoms with Gasteiger partial charge in [0.2, 0.25) is 0 Å². The van der Waals surface area contributed by atoms with Crippen LogP contribution in [-0.4, -0.2) is 16.4 Å². The van der Waals surface area contributed by atoms with Crippen LogP contribution in [0, 0.1) is 0 Å². The highest BCUT2D eigenvalue weighted by atomic mass is 16.1. The number of amides is 1. The van der Waals surface area contributed by atoms with E-state index in [1.54, 1.807) is 12.4 Å². The SMILES string of the molecule is CC(C)(C)NC(=O)c1cncc(NCc2ccccc2)c1. The van der Waals surface area contributed by atoms with Crippen molar-refractivity contribution in [1.29, 1.82) is 0 Å². The molecule has 0 saturated heterocycles. The van der Waals surface area contributed by atoms with Gasteiger partial charge in [-0.25, -0.2) is 0 Å². The lowest BCUT2D eigenvalue weighted by atomic mass is 10.1. The molecule has 21 heavy (non-hydrogen) atoms. The minimum absolute atomic E-state index is 0.113. The summed E-state index contributed by atoms with van der Waals surface area (Å²) in [5.41, 5.74) is 2.32. The number of aromatic nitrogens is 1. The molecule has 0 unspecified atom stereocenters. The van der Waals surface area contributed by atoms with Gasteiger partial charge >= 0.3 is 0 Å². The average molecular weight is 283 g/mol. The molecule has 1 aromatic heterocycles. The molecular weight excluding hydrogens is 262 g/mol. The molecule has 2 N–H and O–H groups in total. The number of nitrogens with one attached hydrogen (secondary N) is 2. The number of benzene rings is 1. The highest BCUT2D eigenvalue weighted by Crippen LogP contribution is 2.11. The molecule has 0 radical (unpaired) electrons. The van der Waals surface area contributed by atoms with Gasteiger partial charge in [0, 0.05) is 24.5 Å². The van der Waals surface area contributed by atoms with E-state index in [9.17, 15) is 4.79 Å². The molecule has 2 rings (SSSR count). The predicted octanol–water partition coefficient (Wildman–Crippen LogP) is 3.22. The maximum absolute atomic E-state index is 12.1. The lowest BCUT2D eigenvalue weighted by Gasteiger charge is -2.20. The van der Waals surface area contributed by atoms with Crippen LogP contribution in [0.5, 0.6) is 0 Å². The van der Waals surface area contributed by atoms with Crippen LogP contribution >= 0.6 is 0 Å². The van der Waals surface area contributed by atoms with Gasteiger partial charge in [0.05, 0.1) is 11.3 Å². The number of anilines is 1. The first kappa shape index (κ1) is 15.0. The third kappa shape index (κ3) is 4.91. The van der Waals surface area contributed by atoms with Crippen molar-refractivity contribution in [3.63, 3.8) is 0 Å². The molecule has 0 saturated carbocycles. The van der Waals surface area contributed by atoms with Crippen molar-refractivity contribution in [1.82, 2.24) is 10.3 Å². The quantitative estimate of drug-likeness (QED) is 0.906. The van der Waals surface area contributed by atoms with E-state index in [4.69, 9.17) is 0 Å². The smallest absolute Gasteiger partial charge is 0.253 e. The van der Waals surface area contributed by atoms with E-state index in [0.717, 1.165) is 5.69 Å². The number of pyridine rings is 1. The zero-order valence-electron chi connectivity index (χ0n) is 12.7. The van der Waals surface area contributed by atoms with Crippen LogP contribution in [0.2, 0.25) is 0 Å². The Morgan fingerprint density at radius 3 is 2.52 bits per heavy atom. The molecule has 0 bridgehead atoms. The van der Waals surface area contributed by atoms with Crippen molar-refractivity contribution in [3.8, 4) is 0 Å². The van der Waals surface area contributed by atoms with Gasteiger partial charge in [0.25, 0.3) is 5.91 Å². The summed E-state index contributed by atoms with van der Waals surface area (Å²) < 4.78 is 0. The van der Waals surface area contributed by atoms with Crippen LogP contribution in [-0.2, 0) is 6.54 Å². The van der Waals surface area contributed by atoms with Gasteiger partial charge in [-0.15, -0.1) is 0 Å². The summed E-state index contributed by atoms with van der Waals surface area (Å²) in [5, 5.41) is 6.21. The van der Waals surface area contributed by atoms with E-state index >= 15 is 0 Å². The topological polar surface area (TPSA) is 54.0 Å². The molecule has 1 heterocycles. The van der Waals surface area contributed by atoms with E-state index in [2.05, 4.69) is 27.8 Å². The minimum atomic E-state index is -0.259. The van der Waals surface area contributed by atoms with Crippen LogP contribution in [0.1, 0.15) is 36.7 Å². The van der Waals surface area contributed by atoms with Crippen molar-refractivity contribution in [2.24, 2.45) is 0 Å². The van der Waals surface area contributed by atoms with Crippen molar-refractivity contribution >= 4 is 11.6 Å². The predicted molar refractivity (Wildman–Crippen MR) is 85.2 cm³/mol. The van der Waals surface area contributed by atoms with Crippen molar-refractivity contribution in [2.45, 2.75) is 32.9 Å². The van der Waals surface area contributed by atoms with E-state index in [0.29, 0.717) is 12.1 Å². The van der Waals surface area contributed by atoms with Crippen molar-refractivity contribution in [3.05, 3.63) is 59.9 Å². The molecule has 4 nitrogen and oxygen atoms in total. The Balaban J connectivity index is 2.02. The molecule has 1 aromatic carbocycles. The van der Waals surface area contributed by atoms with Crippen molar-refractivity contribution < 1.29 is 4.79 Å². The fourth-order valence-corrected chi connectivity index (χ4v) is 1.87. The van der Waals surface area contributed by atoms with E-state index in [1.807, 2.05) is 45.0 Å². The molecule has 0 aliphatic rings. The molecule has 0 atom stereocenters.